The lowest BCUT2D eigenvalue weighted by molar-refractivity contribution is -0.148. The fourth-order valence-corrected chi connectivity index (χ4v) is 5.33. The highest BCUT2D eigenvalue weighted by Gasteiger charge is 2.51. The first-order valence-corrected chi connectivity index (χ1v) is 12.8. The van der Waals surface area contributed by atoms with E-state index in [1.54, 1.807) is 29.2 Å². The monoisotopic (exact) mass is 488 g/mol. The van der Waals surface area contributed by atoms with Crippen LogP contribution in [0.3, 0.4) is 0 Å². The Kier molecular flexibility index (Phi) is 7.02. The van der Waals surface area contributed by atoms with Gasteiger partial charge in [-0.2, -0.15) is 0 Å². The summed E-state index contributed by atoms with van der Waals surface area (Å²) in [6, 6.07) is 17.6. The van der Waals surface area contributed by atoms with Gasteiger partial charge in [0.05, 0.1) is 12.6 Å². The van der Waals surface area contributed by atoms with Gasteiger partial charge in [-0.1, -0.05) is 55.0 Å². The van der Waals surface area contributed by atoms with Crippen molar-refractivity contribution < 1.29 is 19.2 Å². The lowest BCUT2D eigenvalue weighted by Crippen LogP contribution is -2.60. The van der Waals surface area contributed by atoms with Gasteiger partial charge >= 0.3 is 0 Å². The molecular formula is C28H32N4O4. The molecule has 2 unspecified atom stereocenters. The normalized spacial score (nSPS) is 21.6. The molecule has 3 fully saturated rings. The number of likely N-dealkylation sites (tertiary alicyclic amines) is 2. The third kappa shape index (κ3) is 5.12. The second-order valence-corrected chi connectivity index (χ2v) is 10.0. The smallest absolute Gasteiger partial charge is 0.251 e. The van der Waals surface area contributed by atoms with Crippen LogP contribution in [0.1, 0.15) is 35.2 Å². The summed E-state index contributed by atoms with van der Waals surface area (Å²) in [5, 5.41) is 5.46. The summed E-state index contributed by atoms with van der Waals surface area (Å²) in [5.74, 6) is -0.211. The summed E-state index contributed by atoms with van der Waals surface area (Å²) in [4.78, 5) is 55.1. The van der Waals surface area contributed by atoms with Crippen molar-refractivity contribution in [2.24, 2.45) is 11.8 Å². The van der Waals surface area contributed by atoms with Gasteiger partial charge in [-0.05, 0) is 30.5 Å². The van der Waals surface area contributed by atoms with Crippen LogP contribution in [0, 0.1) is 11.8 Å². The molecule has 3 atom stereocenters. The summed E-state index contributed by atoms with van der Waals surface area (Å²) in [6.45, 7) is 1.60. The van der Waals surface area contributed by atoms with Crippen LogP contribution in [-0.2, 0) is 20.8 Å². The number of fused-ring (bicyclic) bond motifs is 1. The van der Waals surface area contributed by atoms with Gasteiger partial charge in [0.2, 0.25) is 17.7 Å². The first-order chi connectivity index (χ1) is 17.5. The maximum absolute atomic E-state index is 13.6. The van der Waals surface area contributed by atoms with E-state index in [9.17, 15) is 19.2 Å². The Morgan fingerprint density at radius 1 is 0.889 bits per heavy atom. The molecule has 8 nitrogen and oxygen atoms in total. The molecule has 0 radical (unpaired) electrons. The predicted molar refractivity (Wildman–Crippen MR) is 134 cm³/mol. The zero-order valence-electron chi connectivity index (χ0n) is 20.3. The largest absolute Gasteiger partial charge is 0.343 e. The van der Waals surface area contributed by atoms with E-state index in [0.29, 0.717) is 37.5 Å². The fourth-order valence-electron chi connectivity index (χ4n) is 5.33. The van der Waals surface area contributed by atoms with Crippen molar-refractivity contribution in [3.05, 3.63) is 71.8 Å². The van der Waals surface area contributed by atoms with Gasteiger partial charge in [0.1, 0.15) is 6.04 Å². The average molecular weight is 489 g/mol. The van der Waals surface area contributed by atoms with Crippen LogP contribution in [0.25, 0.3) is 0 Å². The quantitative estimate of drug-likeness (QED) is 0.590. The van der Waals surface area contributed by atoms with E-state index in [4.69, 9.17) is 0 Å². The highest BCUT2D eigenvalue weighted by atomic mass is 16.2. The average Bonchev–Trinajstić information content (AvgIpc) is 3.18. The van der Waals surface area contributed by atoms with E-state index in [2.05, 4.69) is 10.6 Å². The molecule has 188 valence electrons. The van der Waals surface area contributed by atoms with Crippen molar-refractivity contribution >= 4 is 23.6 Å². The minimum absolute atomic E-state index is 0.0836. The van der Waals surface area contributed by atoms with Crippen LogP contribution in [0.5, 0.6) is 0 Å². The topological polar surface area (TPSA) is 98.8 Å². The SMILES string of the molecule is O=C(CNC(=O)c1ccccc1)N[C@@H](Cc1ccccc1)C(=O)N1CC2CN(C(=O)C3CCC3)C2C1. The molecule has 4 amide bonds. The lowest BCUT2D eigenvalue weighted by atomic mass is 9.81. The molecule has 2 N–H and O–H groups in total. The van der Waals surface area contributed by atoms with Gasteiger partial charge in [-0.15, -0.1) is 0 Å². The number of nitrogens with zero attached hydrogens (tertiary/aromatic N) is 2. The molecule has 1 saturated carbocycles. The van der Waals surface area contributed by atoms with Gasteiger partial charge in [0.15, 0.2) is 0 Å². The summed E-state index contributed by atoms with van der Waals surface area (Å²) in [6.07, 6.45) is 3.42. The van der Waals surface area contributed by atoms with E-state index in [1.165, 1.54) is 0 Å². The van der Waals surface area contributed by atoms with Gasteiger partial charge in [0, 0.05) is 43.5 Å². The molecule has 1 aliphatic carbocycles. The van der Waals surface area contributed by atoms with Crippen molar-refractivity contribution in [1.29, 1.82) is 0 Å². The zero-order chi connectivity index (χ0) is 25.1. The number of carbonyl (C=O) groups excluding carboxylic acids is 4. The number of carbonyl (C=O) groups is 4. The van der Waals surface area contributed by atoms with Gasteiger partial charge in [-0.25, -0.2) is 0 Å². The van der Waals surface area contributed by atoms with E-state index in [-0.39, 0.29) is 36.2 Å². The fraction of sp³-hybridized carbons (Fsp3) is 0.429. The second kappa shape index (κ2) is 10.5. The highest BCUT2D eigenvalue weighted by Crippen LogP contribution is 2.37. The third-order valence-electron chi connectivity index (χ3n) is 7.65. The maximum atomic E-state index is 13.6. The zero-order valence-corrected chi connectivity index (χ0v) is 20.3. The molecule has 36 heavy (non-hydrogen) atoms. The molecule has 0 bridgehead atoms. The minimum atomic E-state index is -0.748. The van der Waals surface area contributed by atoms with Crippen LogP contribution in [-0.4, -0.2) is 71.7 Å². The van der Waals surface area contributed by atoms with Crippen LogP contribution >= 0.6 is 0 Å². The minimum Gasteiger partial charge on any atom is -0.343 e. The van der Waals surface area contributed by atoms with Gasteiger partial charge in [-0.3, -0.25) is 19.2 Å². The van der Waals surface area contributed by atoms with Crippen LogP contribution in [0.4, 0.5) is 0 Å². The van der Waals surface area contributed by atoms with Crippen molar-refractivity contribution in [3.8, 4) is 0 Å². The summed E-state index contributed by atoms with van der Waals surface area (Å²) >= 11 is 0. The van der Waals surface area contributed by atoms with Crippen LogP contribution in [0.2, 0.25) is 0 Å². The number of rotatable bonds is 8. The van der Waals surface area contributed by atoms with Crippen molar-refractivity contribution in [2.75, 3.05) is 26.2 Å². The molecule has 2 heterocycles. The summed E-state index contributed by atoms with van der Waals surface area (Å²) in [7, 11) is 0. The van der Waals surface area contributed by atoms with Crippen molar-refractivity contribution in [3.63, 3.8) is 0 Å². The molecule has 3 aliphatic rings. The predicted octanol–water partition coefficient (Wildman–Crippen LogP) is 1.61. The number of amides is 4. The first-order valence-electron chi connectivity index (χ1n) is 12.8. The molecule has 2 aliphatic heterocycles. The standard InChI is InChI=1S/C28H32N4O4/c33-25(15-29-26(34)20-10-5-2-6-11-20)30-23(14-19-8-3-1-4-9-19)28(36)31-16-22-17-32(24(22)18-31)27(35)21-12-7-13-21/h1-6,8-11,21-24H,7,12-18H2,(H,29,34)(H,30,33)/t22?,23-,24?/m0/s1. The van der Waals surface area contributed by atoms with Gasteiger partial charge in [0.25, 0.3) is 5.91 Å². The Balaban J connectivity index is 1.21. The Bertz CT molecular complexity index is 1120. The van der Waals surface area contributed by atoms with Gasteiger partial charge < -0.3 is 20.4 Å². The Hall–Kier alpha value is -3.68. The van der Waals surface area contributed by atoms with E-state index in [1.807, 2.05) is 41.3 Å². The van der Waals surface area contributed by atoms with E-state index >= 15 is 0 Å². The van der Waals surface area contributed by atoms with E-state index in [0.717, 1.165) is 24.8 Å². The second-order valence-electron chi connectivity index (χ2n) is 10.0. The number of hydrogen-bond acceptors (Lipinski definition) is 4. The molecule has 5 rings (SSSR count). The molecule has 2 aromatic carbocycles. The lowest BCUT2D eigenvalue weighted by Gasteiger charge is -2.46. The van der Waals surface area contributed by atoms with Crippen LogP contribution < -0.4 is 10.6 Å². The van der Waals surface area contributed by atoms with Crippen molar-refractivity contribution in [1.82, 2.24) is 20.4 Å². The number of hydrogen-bond donors (Lipinski definition) is 2. The van der Waals surface area contributed by atoms with E-state index < -0.39 is 11.9 Å². The third-order valence-corrected chi connectivity index (χ3v) is 7.65. The molecule has 2 saturated heterocycles. The molecular weight excluding hydrogens is 456 g/mol. The maximum Gasteiger partial charge on any atom is 0.251 e. The molecule has 2 aromatic rings. The Morgan fingerprint density at radius 2 is 1.58 bits per heavy atom. The number of benzene rings is 2. The summed E-state index contributed by atoms with van der Waals surface area (Å²) in [5.41, 5.74) is 1.41. The number of nitrogens with one attached hydrogen (secondary N) is 2. The summed E-state index contributed by atoms with van der Waals surface area (Å²) < 4.78 is 0. The molecule has 8 heteroatoms. The first kappa shape index (κ1) is 24.0. The molecule has 0 spiro atoms. The van der Waals surface area contributed by atoms with Crippen LogP contribution in [0.15, 0.2) is 60.7 Å². The highest BCUT2D eigenvalue weighted by molar-refractivity contribution is 5.97. The molecule has 0 aromatic heterocycles. The Labute approximate surface area is 211 Å². The van der Waals surface area contributed by atoms with Crippen molar-refractivity contribution in [2.45, 2.75) is 37.8 Å². The Morgan fingerprint density at radius 3 is 2.25 bits per heavy atom.